The third kappa shape index (κ3) is 6.72. The molecule has 0 aliphatic heterocycles. The third-order valence-electron chi connectivity index (χ3n) is 10.9. The molecule has 50 heavy (non-hydrogen) atoms. The standard InChI is InChI=1S/C48H50N2/c1-6-39-34-47(27-16-38(39)5)50(44-25-14-37(4)15-26-44)46-30-19-41(20-31-46)48(32-8-7-9-33-48)40-17-28-45(29-18-40)49(42-21-10-35(2)11-22-42)43-23-12-36(3)13-24-43/h10-31,34H,6-9,32-33H2,1-5H3. The van der Waals surface area contributed by atoms with E-state index in [1.54, 1.807) is 0 Å². The molecular formula is C48H50N2. The van der Waals surface area contributed by atoms with E-state index < -0.39 is 0 Å². The van der Waals surface area contributed by atoms with Crippen molar-refractivity contribution in [3.63, 3.8) is 0 Å². The molecule has 1 saturated carbocycles. The van der Waals surface area contributed by atoms with E-state index in [1.807, 2.05) is 0 Å². The Morgan fingerprint density at radius 2 is 0.760 bits per heavy atom. The maximum atomic E-state index is 2.41. The summed E-state index contributed by atoms with van der Waals surface area (Å²) in [5, 5.41) is 0. The molecule has 0 N–H and O–H groups in total. The fourth-order valence-corrected chi connectivity index (χ4v) is 7.91. The van der Waals surface area contributed by atoms with E-state index in [0.29, 0.717) is 0 Å². The minimum absolute atomic E-state index is 0.00177. The van der Waals surface area contributed by atoms with Gasteiger partial charge in [0.2, 0.25) is 0 Å². The van der Waals surface area contributed by atoms with Crippen molar-refractivity contribution in [3.05, 3.63) is 178 Å². The van der Waals surface area contributed by atoms with Gasteiger partial charge in [-0.1, -0.05) is 110 Å². The number of anilines is 6. The predicted molar refractivity (Wildman–Crippen MR) is 214 cm³/mol. The molecule has 0 saturated heterocycles. The Morgan fingerprint density at radius 3 is 1.14 bits per heavy atom. The number of rotatable bonds is 9. The molecule has 0 aromatic heterocycles. The van der Waals surface area contributed by atoms with Crippen LogP contribution < -0.4 is 9.80 Å². The molecule has 252 valence electrons. The Morgan fingerprint density at radius 1 is 0.420 bits per heavy atom. The van der Waals surface area contributed by atoms with Crippen LogP contribution in [-0.4, -0.2) is 0 Å². The summed E-state index contributed by atoms with van der Waals surface area (Å²) in [6.45, 7) is 10.9. The summed E-state index contributed by atoms with van der Waals surface area (Å²) in [4.78, 5) is 4.79. The molecule has 6 aromatic carbocycles. The van der Waals surface area contributed by atoms with Crippen molar-refractivity contribution in [2.45, 2.75) is 78.6 Å². The molecule has 0 radical (unpaired) electrons. The van der Waals surface area contributed by atoms with E-state index >= 15 is 0 Å². The molecule has 0 atom stereocenters. The lowest BCUT2D eigenvalue weighted by Crippen LogP contribution is -2.30. The average molecular weight is 655 g/mol. The molecular weight excluding hydrogens is 605 g/mol. The molecule has 6 aromatic rings. The molecule has 0 amide bonds. The zero-order valence-electron chi connectivity index (χ0n) is 30.4. The maximum Gasteiger partial charge on any atom is 0.0464 e. The lowest BCUT2D eigenvalue weighted by molar-refractivity contribution is 0.346. The summed E-state index contributed by atoms with van der Waals surface area (Å²) in [5.41, 5.74) is 16.5. The Bertz CT molecular complexity index is 1970. The number of nitrogens with zero attached hydrogens (tertiary/aromatic N) is 2. The first-order valence-electron chi connectivity index (χ1n) is 18.5. The number of hydrogen-bond donors (Lipinski definition) is 0. The Kier molecular flexibility index (Phi) is 9.63. The van der Waals surface area contributed by atoms with Gasteiger partial charge in [0.15, 0.2) is 0 Å². The number of benzene rings is 6. The first-order valence-corrected chi connectivity index (χ1v) is 18.5. The van der Waals surface area contributed by atoms with Crippen LogP contribution >= 0.6 is 0 Å². The molecule has 2 heteroatoms. The fourth-order valence-electron chi connectivity index (χ4n) is 7.91. The second-order valence-corrected chi connectivity index (χ2v) is 14.4. The second kappa shape index (κ2) is 14.4. The van der Waals surface area contributed by atoms with Crippen LogP contribution in [0.15, 0.2) is 140 Å². The molecule has 2 nitrogen and oxygen atoms in total. The zero-order chi connectivity index (χ0) is 34.7. The van der Waals surface area contributed by atoms with E-state index in [2.05, 4.69) is 184 Å². The van der Waals surface area contributed by atoms with Gasteiger partial charge in [0.1, 0.15) is 0 Å². The van der Waals surface area contributed by atoms with Gasteiger partial charge in [0.05, 0.1) is 0 Å². The zero-order valence-corrected chi connectivity index (χ0v) is 30.4. The smallest absolute Gasteiger partial charge is 0.0464 e. The maximum absolute atomic E-state index is 2.41. The van der Waals surface area contributed by atoms with E-state index in [9.17, 15) is 0 Å². The van der Waals surface area contributed by atoms with Crippen LogP contribution in [0.5, 0.6) is 0 Å². The van der Waals surface area contributed by atoms with Crippen molar-refractivity contribution >= 4 is 34.1 Å². The topological polar surface area (TPSA) is 6.48 Å². The van der Waals surface area contributed by atoms with Crippen molar-refractivity contribution in [1.82, 2.24) is 0 Å². The molecule has 1 aliphatic carbocycles. The summed E-state index contributed by atoms with van der Waals surface area (Å²) >= 11 is 0. The molecule has 0 heterocycles. The van der Waals surface area contributed by atoms with Crippen LogP contribution in [0.4, 0.5) is 34.1 Å². The lowest BCUT2D eigenvalue weighted by Gasteiger charge is -2.39. The molecule has 0 bridgehead atoms. The quantitative estimate of drug-likeness (QED) is 0.153. The summed E-state index contributed by atoms with van der Waals surface area (Å²) < 4.78 is 0. The second-order valence-electron chi connectivity index (χ2n) is 14.4. The fraction of sp³-hybridized carbons (Fsp3) is 0.250. The van der Waals surface area contributed by atoms with E-state index in [-0.39, 0.29) is 5.41 Å². The molecule has 1 aliphatic rings. The molecule has 7 rings (SSSR count). The monoisotopic (exact) mass is 654 g/mol. The van der Waals surface area contributed by atoms with Gasteiger partial charge in [-0.15, -0.1) is 0 Å². The number of hydrogen-bond acceptors (Lipinski definition) is 2. The third-order valence-corrected chi connectivity index (χ3v) is 10.9. The van der Waals surface area contributed by atoms with E-state index in [0.717, 1.165) is 6.42 Å². The van der Waals surface area contributed by atoms with Gasteiger partial charge in [-0.25, -0.2) is 0 Å². The Hall–Kier alpha value is -5.08. The predicted octanol–water partition coefficient (Wildman–Crippen LogP) is 13.7. The van der Waals surface area contributed by atoms with Gasteiger partial charge in [-0.3, -0.25) is 0 Å². The minimum atomic E-state index is 0.00177. The van der Waals surface area contributed by atoms with E-state index in [1.165, 1.54) is 105 Å². The Balaban J connectivity index is 1.26. The van der Waals surface area contributed by atoms with Gasteiger partial charge >= 0.3 is 0 Å². The summed E-state index contributed by atoms with van der Waals surface area (Å²) in [6.07, 6.45) is 7.17. The van der Waals surface area contributed by atoms with E-state index in [4.69, 9.17) is 0 Å². The SMILES string of the molecule is CCc1cc(N(c2ccc(C)cc2)c2ccc(C3(c4ccc(N(c5ccc(C)cc5)c5ccc(C)cc5)cc4)CCCCC3)cc2)ccc1C. The van der Waals surface area contributed by atoms with Gasteiger partial charge in [-0.2, -0.15) is 0 Å². The van der Waals surface area contributed by atoms with Crippen LogP contribution in [0.2, 0.25) is 0 Å². The summed E-state index contributed by atoms with van der Waals surface area (Å²) in [6, 6.07) is 52.5. The highest BCUT2D eigenvalue weighted by Crippen LogP contribution is 2.47. The van der Waals surface area contributed by atoms with Crippen molar-refractivity contribution in [1.29, 1.82) is 0 Å². The van der Waals surface area contributed by atoms with Crippen LogP contribution in [0.25, 0.3) is 0 Å². The van der Waals surface area contributed by atoms with Gasteiger partial charge in [0.25, 0.3) is 0 Å². The van der Waals surface area contributed by atoms with Crippen molar-refractivity contribution in [2.75, 3.05) is 9.80 Å². The largest absolute Gasteiger partial charge is 0.311 e. The highest BCUT2D eigenvalue weighted by molar-refractivity contribution is 5.78. The lowest BCUT2D eigenvalue weighted by atomic mass is 9.65. The molecule has 0 unspecified atom stereocenters. The number of aryl methyl sites for hydroxylation is 5. The molecule has 0 spiro atoms. The highest BCUT2D eigenvalue weighted by Gasteiger charge is 2.36. The van der Waals surface area contributed by atoms with Crippen LogP contribution in [0.1, 0.15) is 78.0 Å². The summed E-state index contributed by atoms with van der Waals surface area (Å²) in [5.74, 6) is 0. The first-order chi connectivity index (χ1) is 24.3. The van der Waals surface area contributed by atoms with Gasteiger partial charge in [0, 0.05) is 39.5 Å². The van der Waals surface area contributed by atoms with Crippen molar-refractivity contribution in [2.24, 2.45) is 0 Å². The van der Waals surface area contributed by atoms with Gasteiger partial charge < -0.3 is 9.80 Å². The highest BCUT2D eigenvalue weighted by atomic mass is 15.1. The van der Waals surface area contributed by atoms with Crippen molar-refractivity contribution in [3.8, 4) is 0 Å². The van der Waals surface area contributed by atoms with Gasteiger partial charge in [-0.05, 0) is 142 Å². The molecule has 1 fully saturated rings. The summed E-state index contributed by atoms with van der Waals surface area (Å²) in [7, 11) is 0. The Labute approximate surface area is 300 Å². The van der Waals surface area contributed by atoms with Crippen LogP contribution in [0, 0.1) is 27.7 Å². The first kappa shape index (κ1) is 33.4. The average Bonchev–Trinajstić information content (AvgIpc) is 3.15. The van der Waals surface area contributed by atoms with Crippen molar-refractivity contribution < 1.29 is 0 Å². The normalized spacial score (nSPS) is 13.9. The minimum Gasteiger partial charge on any atom is -0.311 e. The van der Waals surface area contributed by atoms with Crippen LogP contribution in [0.3, 0.4) is 0 Å². The van der Waals surface area contributed by atoms with Crippen LogP contribution in [-0.2, 0) is 11.8 Å².